The van der Waals surface area contributed by atoms with Gasteiger partial charge in [0.05, 0.1) is 0 Å². The van der Waals surface area contributed by atoms with E-state index >= 15 is 0 Å². The zero-order valence-corrected chi connectivity index (χ0v) is 19.9. The number of unbranched alkanes of at least 4 members (excludes halogenated alkanes) is 1. The number of rotatable bonds is 7. The van der Waals surface area contributed by atoms with Gasteiger partial charge >= 0.3 is 0 Å². The van der Waals surface area contributed by atoms with Gasteiger partial charge in [0.25, 0.3) is 5.91 Å². The Hall–Kier alpha value is -1.87. The fraction of sp³-hybridized carbons (Fsp3) is 0.727. The summed E-state index contributed by atoms with van der Waals surface area (Å²) < 4.78 is 29.0. The molecule has 2 aliphatic heterocycles. The Morgan fingerprint density at radius 1 is 1.10 bits per heavy atom. The van der Waals surface area contributed by atoms with E-state index in [0.29, 0.717) is 44.7 Å². The van der Waals surface area contributed by atoms with Gasteiger partial charge in [0.2, 0.25) is 15.9 Å². The molecular weight excluding hydrogens is 416 g/mol. The summed E-state index contributed by atoms with van der Waals surface area (Å²) in [4.78, 5) is 29.4. The topological polar surface area (TPSA) is 82.9 Å². The van der Waals surface area contributed by atoms with Crippen molar-refractivity contribution in [1.82, 2.24) is 18.7 Å². The van der Waals surface area contributed by atoms with E-state index in [1.54, 1.807) is 21.4 Å². The molecule has 2 amide bonds. The van der Waals surface area contributed by atoms with Crippen LogP contribution in [0.1, 0.15) is 62.4 Å². The second kappa shape index (κ2) is 10.2. The van der Waals surface area contributed by atoms with Gasteiger partial charge in [-0.25, -0.2) is 8.42 Å². The molecule has 31 heavy (non-hydrogen) atoms. The summed E-state index contributed by atoms with van der Waals surface area (Å²) in [7, 11) is -0.0129. The van der Waals surface area contributed by atoms with Gasteiger partial charge in [-0.3, -0.25) is 9.59 Å². The number of hydrogen-bond acceptors (Lipinski definition) is 4. The second-order valence-corrected chi connectivity index (χ2v) is 10.8. The van der Waals surface area contributed by atoms with Crippen LogP contribution in [-0.4, -0.2) is 78.7 Å². The summed E-state index contributed by atoms with van der Waals surface area (Å²) in [5.41, 5.74) is 0.375. The number of aryl methyl sites for hydroxylation is 1. The lowest BCUT2D eigenvalue weighted by Gasteiger charge is -2.33. The molecule has 3 heterocycles. The number of nitrogens with zero attached hydrogens (tertiary/aromatic N) is 4. The van der Waals surface area contributed by atoms with Gasteiger partial charge in [0.1, 0.15) is 10.6 Å². The van der Waals surface area contributed by atoms with Crippen LogP contribution in [0.2, 0.25) is 0 Å². The van der Waals surface area contributed by atoms with Gasteiger partial charge in [-0.2, -0.15) is 4.31 Å². The zero-order valence-electron chi connectivity index (χ0n) is 19.0. The van der Waals surface area contributed by atoms with Crippen LogP contribution < -0.4 is 0 Å². The van der Waals surface area contributed by atoms with Crippen LogP contribution >= 0.6 is 0 Å². The van der Waals surface area contributed by atoms with E-state index in [4.69, 9.17) is 0 Å². The molecule has 8 nitrogen and oxygen atoms in total. The van der Waals surface area contributed by atoms with Crippen molar-refractivity contribution in [2.75, 3.05) is 39.8 Å². The minimum atomic E-state index is -3.57. The number of carbonyl (C=O) groups excluding carboxylic acids is 2. The molecule has 2 fully saturated rings. The van der Waals surface area contributed by atoms with Gasteiger partial charge in [-0.05, 0) is 38.2 Å². The number of aromatic nitrogens is 1. The van der Waals surface area contributed by atoms with Crippen molar-refractivity contribution in [2.24, 2.45) is 13.0 Å². The van der Waals surface area contributed by atoms with Gasteiger partial charge < -0.3 is 14.4 Å². The third-order valence-electron chi connectivity index (χ3n) is 6.51. The molecule has 0 N–H and O–H groups in total. The predicted octanol–water partition coefficient (Wildman–Crippen LogP) is 2.31. The van der Waals surface area contributed by atoms with Crippen molar-refractivity contribution in [3.05, 3.63) is 18.0 Å². The normalized spacial score (nSPS) is 18.9. The monoisotopic (exact) mass is 452 g/mol. The fourth-order valence-electron chi connectivity index (χ4n) is 4.45. The van der Waals surface area contributed by atoms with Crippen molar-refractivity contribution < 1.29 is 18.0 Å². The van der Waals surface area contributed by atoms with Gasteiger partial charge in [0, 0.05) is 58.9 Å². The first-order valence-corrected chi connectivity index (χ1v) is 12.9. The molecule has 174 valence electrons. The molecule has 0 aliphatic carbocycles. The summed E-state index contributed by atoms with van der Waals surface area (Å²) in [5.74, 6) is -0.0588. The Bertz CT molecular complexity index is 881. The molecule has 1 aromatic rings. The largest absolute Gasteiger partial charge is 0.346 e. The Morgan fingerprint density at radius 2 is 1.74 bits per heavy atom. The summed E-state index contributed by atoms with van der Waals surface area (Å²) in [5, 5.41) is 0. The van der Waals surface area contributed by atoms with Crippen LogP contribution in [0.15, 0.2) is 17.2 Å². The van der Waals surface area contributed by atoms with Crippen LogP contribution in [0.3, 0.4) is 0 Å². The smallest absolute Gasteiger partial charge is 0.270 e. The number of carbonyl (C=O) groups is 2. The lowest BCUT2D eigenvalue weighted by atomic mass is 9.95. The number of hydrogen-bond donors (Lipinski definition) is 0. The van der Waals surface area contributed by atoms with Crippen LogP contribution in [0.25, 0.3) is 0 Å². The Balaban J connectivity index is 1.63. The minimum Gasteiger partial charge on any atom is -0.346 e. The number of piperidine rings is 2. The first-order chi connectivity index (χ1) is 14.8. The molecular formula is C22H36N4O4S. The van der Waals surface area contributed by atoms with E-state index in [-0.39, 0.29) is 22.6 Å². The molecule has 2 aliphatic rings. The Labute approximate surface area is 186 Å². The molecule has 0 radical (unpaired) electrons. The lowest BCUT2D eigenvalue weighted by molar-refractivity contribution is -0.135. The maximum Gasteiger partial charge on any atom is 0.270 e. The molecule has 1 aromatic heterocycles. The first kappa shape index (κ1) is 23.8. The highest BCUT2D eigenvalue weighted by molar-refractivity contribution is 7.89. The maximum absolute atomic E-state index is 13.1. The molecule has 0 spiro atoms. The summed E-state index contributed by atoms with van der Waals surface area (Å²) >= 11 is 0. The predicted molar refractivity (Wildman–Crippen MR) is 119 cm³/mol. The third-order valence-corrected chi connectivity index (χ3v) is 8.37. The summed E-state index contributed by atoms with van der Waals surface area (Å²) in [6.07, 6.45) is 7.67. The standard InChI is InChI=1S/C22H36N4O4S/c1-4-5-11-23(2)21(27)18-9-14-25(15-10-18)22(28)20-16-19(17-24(20)3)31(29,30)26-12-7-6-8-13-26/h16-18H,4-15H2,1-3H3. The van der Waals surface area contributed by atoms with E-state index < -0.39 is 10.0 Å². The molecule has 0 unspecified atom stereocenters. The third kappa shape index (κ3) is 5.31. The van der Waals surface area contributed by atoms with Crippen LogP contribution in [0, 0.1) is 5.92 Å². The molecule has 0 saturated carbocycles. The van der Waals surface area contributed by atoms with E-state index in [9.17, 15) is 18.0 Å². The van der Waals surface area contributed by atoms with Gasteiger partial charge in [0.15, 0.2) is 0 Å². The van der Waals surface area contributed by atoms with E-state index in [1.165, 1.54) is 16.6 Å². The Kier molecular flexibility index (Phi) is 7.80. The molecule has 0 bridgehead atoms. The molecule has 3 rings (SSSR count). The summed E-state index contributed by atoms with van der Waals surface area (Å²) in [6, 6.07) is 1.50. The SMILES string of the molecule is CCCCN(C)C(=O)C1CCN(C(=O)c2cc(S(=O)(=O)N3CCCCC3)cn2C)CC1. The van der Waals surface area contributed by atoms with Gasteiger partial charge in [-0.1, -0.05) is 19.8 Å². The van der Waals surface area contributed by atoms with E-state index in [0.717, 1.165) is 38.6 Å². The zero-order chi connectivity index (χ0) is 22.6. The highest BCUT2D eigenvalue weighted by atomic mass is 32.2. The molecule has 0 atom stereocenters. The van der Waals surface area contributed by atoms with Crippen molar-refractivity contribution in [1.29, 1.82) is 0 Å². The first-order valence-electron chi connectivity index (χ1n) is 11.5. The molecule has 9 heteroatoms. The molecule has 2 saturated heterocycles. The second-order valence-electron chi connectivity index (χ2n) is 8.82. The van der Waals surface area contributed by atoms with Crippen molar-refractivity contribution in [3.63, 3.8) is 0 Å². The highest BCUT2D eigenvalue weighted by Gasteiger charge is 2.32. The number of likely N-dealkylation sites (tertiary alicyclic amines) is 1. The van der Waals surface area contributed by atoms with Crippen LogP contribution in [0.4, 0.5) is 0 Å². The maximum atomic E-state index is 13.1. The van der Waals surface area contributed by atoms with Crippen LogP contribution in [0.5, 0.6) is 0 Å². The quantitative estimate of drug-likeness (QED) is 0.636. The molecule has 0 aromatic carbocycles. The van der Waals surface area contributed by atoms with Crippen LogP contribution in [-0.2, 0) is 21.9 Å². The highest BCUT2D eigenvalue weighted by Crippen LogP contribution is 2.25. The average Bonchev–Trinajstić information content (AvgIpc) is 3.19. The average molecular weight is 453 g/mol. The minimum absolute atomic E-state index is 0.0469. The number of amides is 2. The van der Waals surface area contributed by atoms with E-state index in [2.05, 4.69) is 6.92 Å². The van der Waals surface area contributed by atoms with Crippen molar-refractivity contribution >= 4 is 21.8 Å². The Morgan fingerprint density at radius 3 is 2.35 bits per heavy atom. The van der Waals surface area contributed by atoms with E-state index in [1.807, 2.05) is 7.05 Å². The van der Waals surface area contributed by atoms with Crippen molar-refractivity contribution in [2.45, 2.75) is 56.8 Å². The van der Waals surface area contributed by atoms with Gasteiger partial charge in [-0.15, -0.1) is 0 Å². The lowest BCUT2D eigenvalue weighted by Crippen LogP contribution is -2.44. The fourth-order valence-corrected chi connectivity index (χ4v) is 6.04. The number of sulfonamides is 1. The van der Waals surface area contributed by atoms with Crippen molar-refractivity contribution in [3.8, 4) is 0 Å². The summed E-state index contributed by atoms with van der Waals surface area (Å²) in [6.45, 7) is 4.97.